The number of carbonyl (C=O) groups excluding carboxylic acids is 2. The fourth-order valence-electron chi connectivity index (χ4n) is 2.34. The van der Waals surface area contributed by atoms with Crippen LogP contribution >= 0.6 is 0 Å². The Bertz CT molecular complexity index is 454. The van der Waals surface area contributed by atoms with Crippen molar-refractivity contribution in [2.75, 3.05) is 6.54 Å². The summed E-state index contributed by atoms with van der Waals surface area (Å²) in [6, 6.07) is 0. The zero-order valence-corrected chi connectivity index (χ0v) is 11.2. The van der Waals surface area contributed by atoms with Crippen molar-refractivity contribution in [1.82, 2.24) is 20.4 Å². The predicted octanol–water partition coefficient (Wildman–Crippen LogP) is 0.477. The lowest BCUT2D eigenvalue weighted by atomic mass is 9.91. The van der Waals surface area contributed by atoms with Gasteiger partial charge in [-0.1, -0.05) is 19.0 Å². The van der Waals surface area contributed by atoms with Crippen molar-refractivity contribution in [3.8, 4) is 0 Å². The first-order chi connectivity index (χ1) is 9.11. The SMILES string of the molecule is CCC1(CC)NC(=O)CCN(Cc2ncon2)C1=O. The summed E-state index contributed by atoms with van der Waals surface area (Å²) in [6.45, 7) is 4.45. The van der Waals surface area contributed by atoms with E-state index >= 15 is 0 Å². The zero-order chi connectivity index (χ0) is 13.9. The Morgan fingerprint density at radius 2 is 2.16 bits per heavy atom. The van der Waals surface area contributed by atoms with Gasteiger partial charge < -0.3 is 14.7 Å². The van der Waals surface area contributed by atoms with Gasteiger partial charge in [-0.15, -0.1) is 0 Å². The second kappa shape index (κ2) is 5.38. The summed E-state index contributed by atoms with van der Waals surface area (Å²) in [5, 5.41) is 6.57. The maximum Gasteiger partial charge on any atom is 0.248 e. The molecule has 1 saturated heterocycles. The third-order valence-corrected chi connectivity index (χ3v) is 3.63. The first-order valence-corrected chi connectivity index (χ1v) is 6.47. The van der Waals surface area contributed by atoms with Gasteiger partial charge in [0.1, 0.15) is 5.54 Å². The third kappa shape index (κ3) is 2.59. The van der Waals surface area contributed by atoms with Gasteiger partial charge in [-0.05, 0) is 12.8 Å². The van der Waals surface area contributed by atoms with Crippen LogP contribution in [-0.2, 0) is 16.1 Å². The van der Waals surface area contributed by atoms with Crippen LogP contribution in [0.1, 0.15) is 38.9 Å². The summed E-state index contributed by atoms with van der Waals surface area (Å²) >= 11 is 0. The Balaban J connectivity index is 2.23. The molecule has 1 fully saturated rings. The molecule has 0 unspecified atom stereocenters. The van der Waals surface area contributed by atoms with Crippen LogP contribution in [0.2, 0.25) is 0 Å². The number of rotatable bonds is 4. The fourth-order valence-corrected chi connectivity index (χ4v) is 2.34. The van der Waals surface area contributed by atoms with Crippen LogP contribution in [-0.4, -0.2) is 38.9 Å². The van der Waals surface area contributed by atoms with Crippen molar-refractivity contribution in [1.29, 1.82) is 0 Å². The van der Waals surface area contributed by atoms with Gasteiger partial charge >= 0.3 is 0 Å². The van der Waals surface area contributed by atoms with Crippen LogP contribution in [0.25, 0.3) is 0 Å². The molecule has 1 aromatic rings. The van der Waals surface area contributed by atoms with Gasteiger partial charge in [0.2, 0.25) is 18.2 Å². The van der Waals surface area contributed by atoms with E-state index in [0.29, 0.717) is 31.6 Å². The van der Waals surface area contributed by atoms with E-state index in [1.165, 1.54) is 6.39 Å². The molecular formula is C12H18N4O3. The van der Waals surface area contributed by atoms with E-state index in [4.69, 9.17) is 0 Å². The second-order valence-electron chi connectivity index (χ2n) is 4.66. The molecule has 1 N–H and O–H groups in total. The van der Waals surface area contributed by atoms with Crippen LogP contribution < -0.4 is 5.32 Å². The molecule has 1 aliphatic rings. The number of nitrogens with one attached hydrogen (secondary N) is 1. The fraction of sp³-hybridized carbons (Fsp3) is 0.667. The van der Waals surface area contributed by atoms with E-state index in [-0.39, 0.29) is 18.4 Å². The molecule has 0 saturated carbocycles. The van der Waals surface area contributed by atoms with Crippen LogP contribution in [0, 0.1) is 0 Å². The number of amides is 2. The molecule has 0 aromatic carbocycles. The maximum absolute atomic E-state index is 12.6. The largest absolute Gasteiger partial charge is 0.343 e. The maximum atomic E-state index is 12.6. The molecule has 1 aromatic heterocycles. The lowest BCUT2D eigenvalue weighted by Gasteiger charge is -2.33. The molecular weight excluding hydrogens is 248 g/mol. The minimum Gasteiger partial charge on any atom is -0.343 e. The molecule has 1 aliphatic heterocycles. The van der Waals surface area contributed by atoms with Crippen LogP contribution in [0.4, 0.5) is 0 Å². The number of nitrogens with zero attached hydrogens (tertiary/aromatic N) is 3. The molecule has 0 spiro atoms. The molecule has 0 aliphatic carbocycles. The molecule has 19 heavy (non-hydrogen) atoms. The highest BCUT2D eigenvalue weighted by molar-refractivity contribution is 5.93. The van der Waals surface area contributed by atoms with E-state index in [0.717, 1.165) is 0 Å². The third-order valence-electron chi connectivity index (χ3n) is 3.63. The Kier molecular flexibility index (Phi) is 3.82. The van der Waals surface area contributed by atoms with Crippen molar-refractivity contribution >= 4 is 11.8 Å². The van der Waals surface area contributed by atoms with Crippen LogP contribution in [0.5, 0.6) is 0 Å². The summed E-state index contributed by atoms with van der Waals surface area (Å²) < 4.78 is 4.67. The number of hydrogen-bond donors (Lipinski definition) is 1. The quantitative estimate of drug-likeness (QED) is 0.856. The average molecular weight is 266 g/mol. The van der Waals surface area contributed by atoms with Gasteiger partial charge in [0.15, 0.2) is 5.82 Å². The second-order valence-corrected chi connectivity index (χ2v) is 4.66. The minimum atomic E-state index is -0.808. The Morgan fingerprint density at radius 1 is 1.42 bits per heavy atom. The van der Waals surface area contributed by atoms with Gasteiger partial charge in [0, 0.05) is 13.0 Å². The molecule has 104 valence electrons. The highest BCUT2D eigenvalue weighted by Gasteiger charge is 2.41. The van der Waals surface area contributed by atoms with E-state index in [1.54, 1.807) is 4.90 Å². The van der Waals surface area contributed by atoms with Crippen molar-refractivity contribution < 1.29 is 14.1 Å². The van der Waals surface area contributed by atoms with Gasteiger partial charge in [-0.25, -0.2) is 0 Å². The smallest absolute Gasteiger partial charge is 0.248 e. The summed E-state index contributed by atoms with van der Waals surface area (Å²) in [7, 11) is 0. The lowest BCUT2D eigenvalue weighted by molar-refractivity contribution is -0.139. The number of aromatic nitrogens is 2. The molecule has 2 amide bonds. The van der Waals surface area contributed by atoms with Gasteiger partial charge in [-0.2, -0.15) is 4.98 Å². The Labute approximate surface area is 111 Å². The molecule has 7 heteroatoms. The average Bonchev–Trinajstić information content (AvgIpc) is 2.89. The van der Waals surface area contributed by atoms with E-state index < -0.39 is 5.54 Å². The molecule has 2 heterocycles. The summed E-state index contributed by atoms with van der Waals surface area (Å²) in [5.41, 5.74) is -0.808. The normalized spacial score (nSPS) is 19.2. The first-order valence-electron chi connectivity index (χ1n) is 6.47. The van der Waals surface area contributed by atoms with Gasteiger partial charge in [0.25, 0.3) is 0 Å². The number of carbonyl (C=O) groups is 2. The molecule has 2 rings (SSSR count). The van der Waals surface area contributed by atoms with Crippen LogP contribution in [0.15, 0.2) is 10.9 Å². The molecule has 0 atom stereocenters. The summed E-state index contributed by atoms with van der Waals surface area (Å²) in [4.78, 5) is 29.9. The van der Waals surface area contributed by atoms with E-state index in [9.17, 15) is 9.59 Å². The van der Waals surface area contributed by atoms with Gasteiger partial charge in [0.05, 0.1) is 6.54 Å². The van der Waals surface area contributed by atoms with Gasteiger partial charge in [-0.3, -0.25) is 9.59 Å². The van der Waals surface area contributed by atoms with Crippen molar-refractivity contribution in [2.24, 2.45) is 0 Å². The summed E-state index contributed by atoms with van der Waals surface area (Å²) in [5.74, 6) is 0.282. The first kappa shape index (κ1) is 13.5. The standard InChI is InChI=1S/C12H18N4O3/c1-3-12(4-2)11(18)16(6-5-10(17)14-12)7-9-13-8-19-15-9/h8H,3-7H2,1-2H3,(H,14,17). The predicted molar refractivity (Wildman–Crippen MR) is 65.8 cm³/mol. The zero-order valence-electron chi connectivity index (χ0n) is 11.2. The highest BCUT2D eigenvalue weighted by Crippen LogP contribution is 2.22. The van der Waals surface area contributed by atoms with Crippen LogP contribution in [0.3, 0.4) is 0 Å². The molecule has 0 bridgehead atoms. The molecule has 0 radical (unpaired) electrons. The monoisotopic (exact) mass is 266 g/mol. The van der Waals surface area contributed by atoms with Crippen molar-refractivity contribution in [3.05, 3.63) is 12.2 Å². The Hall–Kier alpha value is -1.92. The molecule has 7 nitrogen and oxygen atoms in total. The van der Waals surface area contributed by atoms with E-state index in [1.807, 2.05) is 13.8 Å². The van der Waals surface area contributed by atoms with Crippen molar-refractivity contribution in [2.45, 2.75) is 45.2 Å². The highest BCUT2D eigenvalue weighted by atomic mass is 16.5. The summed E-state index contributed by atoms with van der Waals surface area (Å²) in [6.07, 6.45) is 2.66. The lowest BCUT2D eigenvalue weighted by Crippen LogP contribution is -2.56. The Morgan fingerprint density at radius 3 is 2.74 bits per heavy atom. The minimum absolute atomic E-state index is 0.0758. The van der Waals surface area contributed by atoms with Crippen molar-refractivity contribution in [3.63, 3.8) is 0 Å². The number of hydrogen-bond acceptors (Lipinski definition) is 5. The van der Waals surface area contributed by atoms with E-state index in [2.05, 4.69) is 20.0 Å². The topological polar surface area (TPSA) is 88.3 Å².